The Morgan fingerprint density at radius 2 is 1.16 bits per heavy atom. The largest absolute Gasteiger partial charge is 0.508 e. The summed E-state index contributed by atoms with van der Waals surface area (Å²) in [6, 6.07) is 8.20. The molecule has 2 aromatic carbocycles. The first-order chi connectivity index (χ1) is 39.3. The van der Waals surface area contributed by atoms with Crippen LogP contribution in [-0.4, -0.2) is 155 Å². The number of carbonyl (C=O) groups excluding carboxylic acids is 8. The summed E-state index contributed by atoms with van der Waals surface area (Å²) in [4.78, 5) is 145. The van der Waals surface area contributed by atoms with Gasteiger partial charge in [-0.1, -0.05) is 36.4 Å². The molecule has 0 aliphatic heterocycles. The molecule has 83 heavy (non-hydrogen) atoms. The van der Waals surface area contributed by atoms with Crippen molar-refractivity contribution < 1.29 is 78.3 Å². The number of aliphatic carboxylic acids is 3. The first kappa shape index (κ1) is 68.6. The monoisotopic (exact) mass is 1180 g/mol. The third-order valence-corrected chi connectivity index (χ3v) is 13.9. The Kier molecular flexibility index (Phi) is 29.2. The number of nitrogens with one attached hydrogen (secondary N) is 5. The molecule has 3 rings (SSSR count). The van der Waals surface area contributed by atoms with E-state index in [9.17, 15) is 78.3 Å². The van der Waals surface area contributed by atoms with Crippen LogP contribution in [0.5, 0.6) is 11.5 Å². The van der Waals surface area contributed by atoms with Gasteiger partial charge in [-0.3, -0.25) is 62.4 Å². The van der Waals surface area contributed by atoms with Crippen molar-refractivity contribution >= 4 is 83.5 Å². The number of amides is 6. The Hall–Kier alpha value is -8.63. The zero-order chi connectivity index (χ0) is 61.6. The number of hydrogen-bond acceptors (Lipinski definition) is 17. The van der Waals surface area contributed by atoms with Crippen molar-refractivity contribution in [2.75, 3.05) is 25.4 Å². The maximum Gasteiger partial charge on any atom is 0.307 e. The van der Waals surface area contributed by atoms with Gasteiger partial charge < -0.3 is 69.3 Å². The highest BCUT2D eigenvalue weighted by Gasteiger charge is 2.35. The first-order valence-electron chi connectivity index (χ1n) is 26.9. The standard InChI is InChI=1S/C54H76N12O16S/c1-54(34-10-14-37(67)15-11-34,35-12-16-38(68)17-13-35)21-18-45(72)58-23-19-46(73)59-24-20-47(74)61-39(8-2-3-25-66-30-36(64-65-66)7-4-9-44(55)71)51(80)63-41(29-49(77)78)42(69)26-32(6-5-22-60-53(56)57)50(79)62-40(28-48(75)76)43(70)27-33(31-83)52(81)82/h10-17,30,32-33,39-41,67-68,83H,2-9,18-29,31H2,1H3,(H2,55,71)(H,58,72)(H,59,73)(H,61,74)(H,62,79)(H,63,80)(H,75,76)(H,77,78)(H,81,82)(H4,56,57,60)/t32-,33+,39+,40+,41+/m1/s1. The predicted molar refractivity (Wildman–Crippen MR) is 301 cm³/mol. The lowest BCUT2D eigenvalue weighted by molar-refractivity contribution is -0.144. The number of carboxylic acids is 3. The summed E-state index contributed by atoms with van der Waals surface area (Å²) in [7, 11) is 0. The van der Waals surface area contributed by atoms with E-state index in [-0.39, 0.29) is 100 Å². The minimum Gasteiger partial charge on any atom is -0.508 e. The molecular formula is C54H76N12O16S. The van der Waals surface area contributed by atoms with E-state index in [1.165, 1.54) is 28.9 Å². The van der Waals surface area contributed by atoms with Gasteiger partial charge in [0.1, 0.15) is 17.5 Å². The number of carbonyl (C=O) groups is 11. The van der Waals surface area contributed by atoms with Crippen molar-refractivity contribution in [3.05, 3.63) is 71.5 Å². The van der Waals surface area contributed by atoms with Gasteiger partial charge in [-0.2, -0.15) is 12.6 Å². The lowest BCUT2D eigenvalue weighted by Crippen LogP contribution is -2.53. The van der Waals surface area contributed by atoms with Gasteiger partial charge in [0.2, 0.25) is 35.4 Å². The minimum atomic E-state index is -1.80. The van der Waals surface area contributed by atoms with Crippen LogP contribution in [0.15, 0.2) is 59.7 Å². The summed E-state index contributed by atoms with van der Waals surface area (Å²) in [6.07, 6.45) is -0.378. The summed E-state index contributed by atoms with van der Waals surface area (Å²) in [5.74, 6) is -13.6. The number of nitrogens with two attached hydrogens (primary N) is 3. The summed E-state index contributed by atoms with van der Waals surface area (Å²) >= 11 is 3.93. The van der Waals surface area contributed by atoms with Crippen LogP contribution in [0.25, 0.3) is 0 Å². The summed E-state index contributed by atoms with van der Waals surface area (Å²) < 4.78 is 1.54. The number of guanidine groups is 1. The number of rotatable bonds is 41. The van der Waals surface area contributed by atoms with Gasteiger partial charge in [0.25, 0.3) is 0 Å². The number of aromatic nitrogens is 3. The van der Waals surface area contributed by atoms with Crippen molar-refractivity contribution in [1.29, 1.82) is 0 Å². The molecule has 6 amide bonds. The van der Waals surface area contributed by atoms with E-state index in [4.69, 9.17) is 17.2 Å². The molecule has 16 N–H and O–H groups in total. The number of nitrogens with zero attached hydrogens (tertiary/aromatic N) is 4. The maximum absolute atomic E-state index is 14.1. The molecule has 5 atom stereocenters. The molecule has 0 aliphatic rings. The average molecular weight is 1180 g/mol. The number of Topliss-reactive ketones (excluding diaryl/α,β-unsaturated/α-hetero) is 2. The summed E-state index contributed by atoms with van der Waals surface area (Å²) in [5, 5.41) is 69.3. The van der Waals surface area contributed by atoms with Crippen molar-refractivity contribution in [2.45, 2.75) is 140 Å². The number of benzene rings is 2. The van der Waals surface area contributed by atoms with Crippen LogP contribution in [0.4, 0.5) is 0 Å². The molecule has 1 aromatic heterocycles. The van der Waals surface area contributed by atoms with Crippen LogP contribution in [0.2, 0.25) is 0 Å². The van der Waals surface area contributed by atoms with E-state index >= 15 is 0 Å². The molecule has 0 saturated heterocycles. The molecule has 0 bridgehead atoms. The average Bonchev–Trinajstić information content (AvgIpc) is 3.98. The third kappa shape index (κ3) is 25.8. The van der Waals surface area contributed by atoms with E-state index in [1.54, 1.807) is 30.5 Å². The van der Waals surface area contributed by atoms with E-state index < -0.39 is 120 Å². The number of aryl methyl sites for hydroxylation is 2. The Bertz CT molecular complexity index is 2690. The lowest BCUT2D eigenvalue weighted by atomic mass is 9.73. The van der Waals surface area contributed by atoms with Gasteiger partial charge in [-0.25, -0.2) is 0 Å². The molecule has 0 aliphatic carbocycles. The quantitative estimate of drug-likeness (QED) is 0.0155. The molecule has 0 fully saturated rings. The topological polar surface area (TPSA) is 470 Å². The molecule has 1 heterocycles. The zero-order valence-electron chi connectivity index (χ0n) is 46.1. The van der Waals surface area contributed by atoms with Gasteiger partial charge >= 0.3 is 17.9 Å². The molecule has 0 saturated carbocycles. The SMILES string of the molecule is CC(CCC(=O)NCCC(=O)NCCC(=O)N[C@@H](CCCCn1cc(CCCC(N)=O)nn1)C(=O)N[C@@H](CC(=O)O)C(=O)C[C@@H](CCCN=C(N)N)C(=O)N[C@@H](CC(=O)O)C(=O)C[C@@H](CS)C(=O)O)(c1ccc(O)cc1)c1ccc(O)cc1. The Morgan fingerprint density at radius 3 is 1.67 bits per heavy atom. The van der Waals surface area contributed by atoms with E-state index in [0.29, 0.717) is 37.9 Å². The highest BCUT2D eigenvalue weighted by molar-refractivity contribution is 7.80. The van der Waals surface area contributed by atoms with Gasteiger partial charge in [-0.05, 0) is 86.8 Å². The second-order valence-corrected chi connectivity index (χ2v) is 20.4. The number of hydrogen-bond donors (Lipinski definition) is 14. The minimum absolute atomic E-state index is 0.0428. The van der Waals surface area contributed by atoms with E-state index in [2.05, 4.69) is 54.5 Å². The molecule has 454 valence electrons. The molecule has 0 unspecified atom stereocenters. The number of ketones is 2. The number of carboxylic acid groups (broad SMARTS) is 3. The number of phenolic OH excluding ortho intramolecular Hbond substituents is 2. The van der Waals surface area contributed by atoms with Gasteiger partial charge in [0.15, 0.2) is 17.5 Å². The molecule has 0 radical (unpaired) electrons. The third-order valence-electron chi connectivity index (χ3n) is 13.4. The number of phenols is 2. The van der Waals surface area contributed by atoms with Crippen LogP contribution >= 0.6 is 12.6 Å². The zero-order valence-corrected chi connectivity index (χ0v) is 47.0. The fourth-order valence-electron chi connectivity index (χ4n) is 8.72. The molecule has 28 nitrogen and oxygen atoms in total. The van der Waals surface area contributed by atoms with Gasteiger partial charge in [-0.15, -0.1) is 5.10 Å². The number of aromatic hydroxyl groups is 2. The second kappa shape index (κ2) is 35.3. The Morgan fingerprint density at radius 1 is 0.627 bits per heavy atom. The van der Waals surface area contributed by atoms with E-state index in [0.717, 1.165) is 11.1 Å². The molecule has 0 spiro atoms. The molecule has 29 heteroatoms. The normalized spacial score (nSPS) is 12.9. The number of primary amides is 1. The predicted octanol–water partition coefficient (Wildman–Crippen LogP) is 0.0892. The Balaban J connectivity index is 1.72. The fraction of sp³-hybridized carbons (Fsp3) is 0.519. The van der Waals surface area contributed by atoms with Crippen molar-refractivity contribution in [2.24, 2.45) is 34.0 Å². The van der Waals surface area contributed by atoms with Crippen molar-refractivity contribution in [3.8, 4) is 11.5 Å². The number of unbranched alkanes of at least 4 members (excludes halogenated alkanes) is 1. The van der Waals surface area contributed by atoms with Crippen molar-refractivity contribution in [3.63, 3.8) is 0 Å². The fourth-order valence-corrected chi connectivity index (χ4v) is 9.01. The second-order valence-electron chi connectivity index (χ2n) is 20.1. The van der Waals surface area contributed by atoms with Crippen molar-refractivity contribution in [1.82, 2.24) is 41.6 Å². The summed E-state index contributed by atoms with van der Waals surface area (Å²) in [6.45, 7) is 1.93. The maximum atomic E-state index is 14.1. The van der Waals surface area contributed by atoms with Crippen LogP contribution in [0.1, 0.15) is 120 Å². The summed E-state index contributed by atoms with van der Waals surface area (Å²) in [5.41, 5.74) is 17.6. The van der Waals surface area contributed by atoms with Gasteiger partial charge in [0, 0.05) is 88.0 Å². The smallest absolute Gasteiger partial charge is 0.307 e. The van der Waals surface area contributed by atoms with Crippen LogP contribution in [0, 0.1) is 11.8 Å². The Labute approximate surface area is 484 Å². The van der Waals surface area contributed by atoms with Crippen LogP contribution in [-0.2, 0) is 71.1 Å². The van der Waals surface area contributed by atoms with Crippen LogP contribution in [0.3, 0.4) is 0 Å². The molecular weight excluding hydrogens is 1100 g/mol. The first-order valence-corrected chi connectivity index (χ1v) is 27.5. The lowest BCUT2D eigenvalue weighted by Gasteiger charge is -2.31. The number of thiol groups is 1. The number of aliphatic imine (C=N–C) groups is 1. The molecule has 3 aromatic rings. The van der Waals surface area contributed by atoms with Crippen LogP contribution < -0.4 is 43.8 Å². The highest BCUT2D eigenvalue weighted by atomic mass is 32.1. The van der Waals surface area contributed by atoms with Gasteiger partial charge in [0.05, 0.1) is 36.5 Å². The highest BCUT2D eigenvalue weighted by Crippen LogP contribution is 2.38. The van der Waals surface area contributed by atoms with E-state index in [1.807, 2.05) is 6.92 Å².